The van der Waals surface area contributed by atoms with Crippen molar-refractivity contribution in [3.05, 3.63) is 6.20 Å². The highest BCUT2D eigenvalue weighted by Gasteiger charge is 2.21. The van der Waals surface area contributed by atoms with E-state index in [0.29, 0.717) is 17.1 Å². The Balaban J connectivity index is 2.05. The average Bonchev–Trinajstić information content (AvgIpc) is 2.66. The summed E-state index contributed by atoms with van der Waals surface area (Å²) in [5, 5.41) is 2.18. The quantitative estimate of drug-likeness (QED) is 0.754. The van der Waals surface area contributed by atoms with Crippen molar-refractivity contribution in [2.24, 2.45) is 5.92 Å². The second-order valence-corrected chi connectivity index (χ2v) is 4.86. The van der Waals surface area contributed by atoms with Gasteiger partial charge in [0.25, 0.3) is 0 Å². The molecule has 96 valence electrons. The summed E-state index contributed by atoms with van der Waals surface area (Å²) in [4.78, 5) is 12.4. The van der Waals surface area contributed by atoms with E-state index in [1.807, 2.05) is 4.68 Å². The minimum absolute atomic E-state index is 0.244. The third kappa shape index (κ3) is 1.71. The molecular weight excluding hydrogens is 230 g/mol. The first-order valence-electron chi connectivity index (χ1n) is 6.17. The molecule has 1 fully saturated rings. The van der Waals surface area contributed by atoms with Gasteiger partial charge in [-0.05, 0) is 18.8 Å². The van der Waals surface area contributed by atoms with Crippen LogP contribution in [0.5, 0.6) is 0 Å². The molecule has 3 heterocycles. The van der Waals surface area contributed by atoms with Crippen LogP contribution in [0, 0.1) is 5.92 Å². The van der Waals surface area contributed by atoms with Gasteiger partial charge in [-0.1, -0.05) is 6.92 Å². The molecule has 0 aromatic carbocycles. The fourth-order valence-electron chi connectivity index (χ4n) is 2.37. The Kier molecular flexibility index (Phi) is 2.46. The van der Waals surface area contributed by atoms with E-state index >= 15 is 0 Å². The largest absolute Gasteiger partial charge is 0.368 e. The van der Waals surface area contributed by atoms with E-state index in [-0.39, 0.29) is 5.95 Å². The Morgan fingerprint density at radius 3 is 2.67 bits per heavy atom. The summed E-state index contributed by atoms with van der Waals surface area (Å²) < 4.78 is 1.86. The summed E-state index contributed by atoms with van der Waals surface area (Å²) >= 11 is 0. The van der Waals surface area contributed by atoms with Gasteiger partial charge in [0.15, 0.2) is 5.65 Å². The van der Waals surface area contributed by atoms with E-state index in [4.69, 9.17) is 11.5 Å². The van der Waals surface area contributed by atoms with E-state index in [1.54, 1.807) is 6.20 Å². The highest BCUT2D eigenvalue weighted by molar-refractivity contribution is 5.74. The summed E-state index contributed by atoms with van der Waals surface area (Å²) in [6.45, 7) is 4.19. The number of nitrogen functional groups attached to an aromatic ring is 2. The lowest BCUT2D eigenvalue weighted by Gasteiger charge is -2.32. The molecule has 0 spiro atoms. The van der Waals surface area contributed by atoms with Gasteiger partial charge in [0.1, 0.15) is 5.52 Å². The third-order valence-electron chi connectivity index (χ3n) is 3.46. The molecule has 4 N–H and O–H groups in total. The first kappa shape index (κ1) is 11.1. The number of aromatic nitrogens is 4. The lowest BCUT2D eigenvalue weighted by Crippen LogP contribution is -2.41. The zero-order chi connectivity index (χ0) is 12.7. The molecule has 0 amide bonds. The number of nitrogens with zero attached hydrogens (tertiary/aromatic N) is 5. The maximum atomic E-state index is 5.97. The zero-order valence-electron chi connectivity index (χ0n) is 10.4. The van der Waals surface area contributed by atoms with E-state index in [2.05, 4.69) is 26.9 Å². The van der Waals surface area contributed by atoms with Gasteiger partial charge < -0.3 is 16.5 Å². The smallest absolute Gasteiger partial charge is 0.222 e. The molecule has 0 aliphatic carbocycles. The van der Waals surface area contributed by atoms with Crippen LogP contribution in [0.15, 0.2) is 6.20 Å². The van der Waals surface area contributed by atoms with E-state index in [0.717, 1.165) is 31.8 Å². The molecule has 1 aliphatic heterocycles. The van der Waals surface area contributed by atoms with Crippen molar-refractivity contribution in [1.82, 2.24) is 19.6 Å². The first-order valence-corrected chi connectivity index (χ1v) is 6.17. The fourth-order valence-corrected chi connectivity index (χ4v) is 2.37. The molecule has 0 bridgehead atoms. The van der Waals surface area contributed by atoms with Gasteiger partial charge in [0, 0.05) is 13.1 Å². The fraction of sp³-hybridized carbons (Fsp3) is 0.545. The highest BCUT2D eigenvalue weighted by Crippen LogP contribution is 2.21. The summed E-state index contributed by atoms with van der Waals surface area (Å²) in [5.41, 5.74) is 13.0. The topological polar surface area (TPSA) is 98.9 Å². The second-order valence-electron chi connectivity index (χ2n) is 4.86. The lowest BCUT2D eigenvalue weighted by atomic mass is 10.0. The molecule has 3 rings (SSSR count). The molecule has 0 radical (unpaired) electrons. The molecule has 18 heavy (non-hydrogen) atoms. The molecule has 0 unspecified atom stereocenters. The zero-order valence-corrected chi connectivity index (χ0v) is 10.4. The monoisotopic (exact) mass is 247 g/mol. The number of piperidine rings is 1. The lowest BCUT2D eigenvalue weighted by molar-refractivity contribution is 0.391. The maximum Gasteiger partial charge on any atom is 0.222 e. The van der Waals surface area contributed by atoms with Gasteiger partial charge >= 0.3 is 0 Å². The van der Waals surface area contributed by atoms with Crippen LogP contribution < -0.4 is 16.5 Å². The van der Waals surface area contributed by atoms with Crippen LogP contribution in [-0.2, 0) is 0 Å². The predicted molar refractivity (Wildman–Crippen MR) is 70.5 cm³/mol. The number of anilines is 2. The van der Waals surface area contributed by atoms with E-state index in [1.165, 1.54) is 0 Å². The minimum atomic E-state index is 0.244. The minimum Gasteiger partial charge on any atom is -0.368 e. The number of hydrogen-bond acceptors (Lipinski definition) is 6. The van der Waals surface area contributed by atoms with Crippen LogP contribution in [0.2, 0.25) is 0 Å². The summed E-state index contributed by atoms with van der Waals surface area (Å²) in [6, 6.07) is 0. The molecule has 1 aliphatic rings. The number of fused-ring (bicyclic) bond motifs is 1. The van der Waals surface area contributed by atoms with Crippen molar-refractivity contribution in [3.63, 3.8) is 0 Å². The SMILES string of the molecule is CC1CCN(n2c(N)nc3cnc(N)nc32)CC1. The van der Waals surface area contributed by atoms with Crippen molar-refractivity contribution >= 4 is 23.1 Å². The average molecular weight is 247 g/mol. The first-order chi connectivity index (χ1) is 8.65. The molecule has 2 aromatic heterocycles. The maximum absolute atomic E-state index is 5.97. The molecule has 2 aromatic rings. The Labute approximate surface area is 105 Å². The van der Waals surface area contributed by atoms with Crippen LogP contribution >= 0.6 is 0 Å². The Hall–Kier alpha value is -2.05. The van der Waals surface area contributed by atoms with Crippen molar-refractivity contribution < 1.29 is 0 Å². The molecule has 1 saturated heterocycles. The molecule has 0 saturated carbocycles. The van der Waals surface area contributed by atoms with Gasteiger partial charge in [0.2, 0.25) is 11.9 Å². The second kappa shape index (κ2) is 4.01. The van der Waals surface area contributed by atoms with Gasteiger partial charge in [-0.15, -0.1) is 0 Å². The molecular formula is C11H17N7. The van der Waals surface area contributed by atoms with E-state index < -0.39 is 0 Å². The van der Waals surface area contributed by atoms with Crippen LogP contribution in [0.25, 0.3) is 11.2 Å². The van der Waals surface area contributed by atoms with Crippen molar-refractivity contribution in [1.29, 1.82) is 0 Å². The van der Waals surface area contributed by atoms with Crippen LogP contribution in [0.1, 0.15) is 19.8 Å². The number of imidazole rings is 1. The van der Waals surface area contributed by atoms with Gasteiger partial charge in [0.05, 0.1) is 6.20 Å². The molecule has 7 nitrogen and oxygen atoms in total. The van der Waals surface area contributed by atoms with Crippen molar-refractivity contribution in [2.45, 2.75) is 19.8 Å². The summed E-state index contributed by atoms with van der Waals surface area (Å²) in [7, 11) is 0. The highest BCUT2D eigenvalue weighted by atomic mass is 15.6. The van der Waals surface area contributed by atoms with Gasteiger partial charge in [-0.3, -0.25) is 0 Å². The normalized spacial score (nSPS) is 17.5. The summed E-state index contributed by atoms with van der Waals surface area (Å²) in [5.74, 6) is 1.45. The third-order valence-corrected chi connectivity index (χ3v) is 3.46. The van der Waals surface area contributed by atoms with Crippen LogP contribution in [0.4, 0.5) is 11.9 Å². The van der Waals surface area contributed by atoms with Gasteiger partial charge in [-0.25, -0.2) is 14.6 Å². The Morgan fingerprint density at radius 1 is 1.22 bits per heavy atom. The number of nitrogens with two attached hydrogens (primary N) is 2. The Morgan fingerprint density at radius 2 is 1.94 bits per heavy atom. The Bertz CT molecular complexity index is 568. The van der Waals surface area contributed by atoms with Crippen LogP contribution in [-0.4, -0.2) is 32.7 Å². The number of rotatable bonds is 1. The summed E-state index contributed by atoms with van der Waals surface area (Å²) in [6.07, 6.45) is 3.91. The van der Waals surface area contributed by atoms with Crippen LogP contribution in [0.3, 0.4) is 0 Å². The predicted octanol–water partition coefficient (Wildman–Crippen LogP) is 0.359. The standard InChI is InChI=1S/C11H17N7/c1-7-2-4-17(5-3-7)18-9-8(15-11(18)13)6-14-10(12)16-9/h6-7H,2-5H2,1H3,(H2,13,15)(H2,12,14,16). The van der Waals surface area contributed by atoms with Crippen molar-refractivity contribution in [3.8, 4) is 0 Å². The van der Waals surface area contributed by atoms with E-state index in [9.17, 15) is 0 Å². The molecule has 7 heteroatoms. The van der Waals surface area contributed by atoms with Crippen molar-refractivity contribution in [2.75, 3.05) is 29.6 Å². The van der Waals surface area contributed by atoms with Gasteiger partial charge in [-0.2, -0.15) is 4.98 Å². The molecule has 0 atom stereocenters. The number of hydrogen-bond donors (Lipinski definition) is 2.